The molecule has 0 aromatic rings. The van der Waals surface area contributed by atoms with E-state index in [1.54, 1.807) is 6.08 Å². The fourth-order valence-electron chi connectivity index (χ4n) is 1.01. The average molecular weight is 181 g/mol. The topological polar surface area (TPSA) is 34.1 Å². The molecule has 0 amide bonds. The number of hydrogen-bond donors (Lipinski definition) is 0. The average Bonchev–Trinajstić information content (AvgIpc) is 2.11. The van der Waals surface area contributed by atoms with Crippen molar-refractivity contribution in [3.05, 3.63) is 12.2 Å². The van der Waals surface area contributed by atoms with E-state index in [9.17, 15) is 8.42 Å². The standard InChI is InChI=1S/C6H9ClO2S/c1-10(8,9)6-4-2-3-5(6)7/h2-3,5-6H,4H2,1H3. The van der Waals surface area contributed by atoms with Crippen LogP contribution >= 0.6 is 11.6 Å². The van der Waals surface area contributed by atoms with Crippen molar-refractivity contribution >= 4 is 21.4 Å². The minimum Gasteiger partial charge on any atom is -0.229 e. The molecule has 4 heteroatoms. The Labute approximate surface area is 65.8 Å². The first-order valence-electron chi connectivity index (χ1n) is 3.01. The number of halogens is 1. The summed E-state index contributed by atoms with van der Waals surface area (Å²) in [6, 6.07) is 0. The second-order valence-corrected chi connectivity index (χ2v) is 5.24. The summed E-state index contributed by atoms with van der Waals surface area (Å²) in [6.07, 6.45) is 5.32. The van der Waals surface area contributed by atoms with Crippen LogP contribution in [0.2, 0.25) is 0 Å². The lowest BCUT2D eigenvalue weighted by atomic mass is 10.3. The predicted octanol–water partition coefficient (Wildman–Crippen LogP) is 0.967. The van der Waals surface area contributed by atoms with Gasteiger partial charge in [-0.25, -0.2) is 8.42 Å². The number of sulfone groups is 1. The van der Waals surface area contributed by atoms with Crippen LogP contribution in [0.1, 0.15) is 6.42 Å². The van der Waals surface area contributed by atoms with E-state index in [-0.39, 0.29) is 5.38 Å². The summed E-state index contributed by atoms with van der Waals surface area (Å²) in [4.78, 5) is 0. The summed E-state index contributed by atoms with van der Waals surface area (Å²) < 4.78 is 21.8. The molecule has 0 saturated heterocycles. The maximum absolute atomic E-state index is 10.9. The fourth-order valence-corrected chi connectivity index (χ4v) is 2.80. The lowest BCUT2D eigenvalue weighted by Gasteiger charge is -2.09. The highest BCUT2D eigenvalue weighted by Gasteiger charge is 2.29. The third-order valence-corrected chi connectivity index (χ3v) is 3.78. The molecule has 0 spiro atoms. The van der Waals surface area contributed by atoms with Crippen LogP contribution in [0.5, 0.6) is 0 Å². The summed E-state index contributed by atoms with van der Waals surface area (Å²) in [6.45, 7) is 0. The molecule has 0 saturated carbocycles. The fraction of sp³-hybridized carbons (Fsp3) is 0.667. The van der Waals surface area contributed by atoms with Crippen molar-refractivity contribution in [2.24, 2.45) is 0 Å². The Balaban J connectivity index is 2.79. The SMILES string of the molecule is CS(=O)(=O)C1CC=CC1Cl. The molecule has 1 aliphatic rings. The first kappa shape index (κ1) is 8.08. The lowest BCUT2D eigenvalue weighted by molar-refractivity contribution is 0.588. The Morgan fingerprint density at radius 3 is 2.40 bits per heavy atom. The summed E-state index contributed by atoms with van der Waals surface area (Å²) in [5, 5.41) is -0.718. The Bertz CT molecular complexity index is 242. The monoisotopic (exact) mass is 180 g/mol. The van der Waals surface area contributed by atoms with E-state index in [0.29, 0.717) is 6.42 Å². The van der Waals surface area contributed by atoms with Crippen LogP contribution in [-0.4, -0.2) is 25.3 Å². The first-order valence-corrected chi connectivity index (χ1v) is 5.40. The van der Waals surface area contributed by atoms with Crippen molar-refractivity contribution in [2.45, 2.75) is 17.0 Å². The highest BCUT2D eigenvalue weighted by Crippen LogP contribution is 2.22. The Hall–Kier alpha value is -0.0200. The highest BCUT2D eigenvalue weighted by molar-refractivity contribution is 7.91. The second kappa shape index (κ2) is 2.55. The molecule has 0 aliphatic heterocycles. The van der Waals surface area contributed by atoms with Gasteiger partial charge in [0.25, 0.3) is 0 Å². The van der Waals surface area contributed by atoms with Crippen molar-refractivity contribution in [3.8, 4) is 0 Å². The normalized spacial score (nSPS) is 33.0. The smallest absolute Gasteiger partial charge is 0.152 e. The number of rotatable bonds is 1. The summed E-state index contributed by atoms with van der Waals surface area (Å²) >= 11 is 5.70. The molecule has 0 radical (unpaired) electrons. The van der Waals surface area contributed by atoms with E-state index in [4.69, 9.17) is 11.6 Å². The zero-order valence-electron chi connectivity index (χ0n) is 5.62. The molecule has 0 heterocycles. The molecule has 10 heavy (non-hydrogen) atoms. The quantitative estimate of drug-likeness (QED) is 0.445. The van der Waals surface area contributed by atoms with Gasteiger partial charge >= 0.3 is 0 Å². The molecular weight excluding hydrogens is 172 g/mol. The molecule has 2 atom stereocenters. The van der Waals surface area contributed by atoms with Gasteiger partial charge in [-0.05, 0) is 6.42 Å². The van der Waals surface area contributed by atoms with Gasteiger partial charge in [0.2, 0.25) is 0 Å². The van der Waals surface area contributed by atoms with Crippen LogP contribution in [0.15, 0.2) is 12.2 Å². The van der Waals surface area contributed by atoms with Gasteiger partial charge in [0.15, 0.2) is 9.84 Å². The summed E-state index contributed by atoms with van der Waals surface area (Å²) in [5.41, 5.74) is 0. The van der Waals surface area contributed by atoms with Crippen molar-refractivity contribution in [1.29, 1.82) is 0 Å². The van der Waals surface area contributed by atoms with E-state index in [1.807, 2.05) is 6.08 Å². The van der Waals surface area contributed by atoms with Gasteiger partial charge in [-0.1, -0.05) is 12.2 Å². The Morgan fingerprint density at radius 1 is 1.60 bits per heavy atom. The van der Waals surface area contributed by atoms with E-state index >= 15 is 0 Å². The largest absolute Gasteiger partial charge is 0.229 e. The molecular formula is C6H9ClO2S. The van der Waals surface area contributed by atoms with E-state index in [1.165, 1.54) is 6.26 Å². The zero-order chi connectivity index (χ0) is 7.78. The maximum Gasteiger partial charge on any atom is 0.152 e. The molecule has 2 nitrogen and oxygen atoms in total. The van der Waals surface area contributed by atoms with Crippen molar-refractivity contribution < 1.29 is 8.42 Å². The third-order valence-electron chi connectivity index (χ3n) is 1.59. The summed E-state index contributed by atoms with van der Waals surface area (Å²) in [5.74, 6) is 0. The van der Waals surface area contributed by atoms with Gasteiger partial charge in [0.1, 0.15) is 0 Å². The van der Waals surface area contributed by atoms with Crippen molar-refractivity contribution in [3.63, 3.8) is 0 Å². The summed E-state index contributed by atoms with van der Waals surface area (Å²) in [7, 11) is -2.95. The Morgan fingerprint density at radius 2 is 2.20 bits per heavy atom. The van der Waals surface area contributed by atoms with E-state index in [2.05, 4.69) is 0 Å². The van der Waals surface area contributed by atoms with E-state index in [0.717, 1.165) is 0 Å². The predicted molar refractivity (Wildman–Crippen MR) is 42.0 cm³/mol. The van der Waals surface area contributed by atoms with Crippen LogP contribution in [0.4, 0.5) is 0 Å². The van der Waals surface area contributed by atoms with Gasteiger partial charge < -0.3 is 0 Å². The van der Waals surface area contributed by atoms with Gasteiger partial charge in [0.05, 0.1) is 10.6 Å². The lowest BCUT2D eigenvalue weighted by Crippen LogP contribution is -2.24. The minimum atomic E-state index is -2.95. The molecule has 0 aromatic heterocycles. The molecule has 0 fully saturated rings. The van der Waals surface area contributed by atoms with Crippen LogP contribution < -0.4 is 0 Å². The molecule has 0 aromatic carbocycles. The van der Waals surface area contributed by atoms with Crippen LogP contribution in [-0.2, 0) is 9.84 Å². The highest BCUT2D eigenvalue weighted by atomic mass is 35.5. The maximum atomic E-state index is 10.9. The molecule has 1 rings (SSSR count). The van der Waals surface area contributed by atoms with Gasteiger partial charge in [-0.3, -0.25) is 0 Å². The van der Waals surface area contributed by atoms with Crippen LogP contribution in [0.25, 0.3) is 0 Å². The minimum absolute atomic E-state index is 0.324. The number of alkyl halides is 1. The van der Waals surface area contributed by atoms with Gasteiger partial charge in [-0.2, -0.15) is 0 Å². The molecule has 0 bridgehead atoms. The Kier molecular flexibility index (Phi) is 2.06. The van der Waals surface area contributed by atoms with Crippen molar-refractivity contribution in [1.82, 2.24) is 0 Å². The second-order valence-electron chi connectivity index (χ2n) is 2.48. The number of allylic oxidation sites excluding steroid dienone is 2. The molecule has 0 N–H and O–H groups in total. The number of hydrogen-bond acceptors (Lipinski definition) is 2. The zero-order valence-corrected chi connectivity index (χ0v) is 7.19. The van der Waals surface area contributed by atoms with Crippen molar-refractivity contribution in [2.75, 3.05) is 6.26 Å². The van der Waals surface area contributed by atoms with Crippen LogP contribution in [0.3, 0.4) is 0 Å². The van der Waals surface area contributed by atoms with E-state index < -0.39 is 15.1 Å². The van der Waals surface area contributed by atoms with Crippen LogP contribution in [0, 0.1) is 0 Å². The molecule has 2 unspecified atom stereocenters. The molecule has 58 valence electrons. The third kappa shape index (κ3) is 1.52. The first-order chi connectivity index (χ1) is 4.52. The van der Waals surface area contributed by atoms with Gasteiger partial charge in [0, 0.05) is 6.26 Å². The van der Waals surface area contributed by atoms with Gasteiger partial charge in [-0.15, -0.1) is 11.6 Å². The molecule has 1 aliphatic carbocycles.